The minimum atomic E-state index is -0.505. The third-order valence-corrected chi connectivity index (χ3v) is 2.62. The van der Waals surface area contributed by atoms with Crippen molar-refractivity contribution in [2.45, 2.75) is 13.5 Å². The van der Waals surface area contributed by atoms with Crippen molar-refractivity contribution < 1.29 is 18.7 Å². The molecule has 2 aromatic rings. The zero-order valence-corrected chi connectivity index (χ0v) is 10.8. The van der Waals surface area contributed by atoms with Crippen LogP contribution in [0.1, 0.15) is 21.9 Å². The van der Waals surface area contributed by atoms with E-state index in [1.54, 1.807) is 24.3 Å². The summed E-state index contributed by atoms with van der Waals surface area (Å²) < 4.78 is 15.5. The number of esters is 1. The Bertz CT molecular complexity index is 589. The summed E-state index contributed by atoms with van der Waals surface area (Å²) in [5.74, 6) is 0.937. The molecule has 0 atom stereocenters. The first-order chi connectivity index (χ1) is 9.10. The number of nitrogens with two attached hydrogens (primary N) is 1. The number of hydrogen-bond acceptors (Lipinski definition) is 5. The van der Waals surface area contributed by atoms with Gasteiger partial charge in [0.15, 0.2) is 0 Å². The number of carbonyl (C=O) groups excluding carboxylic acids is 1. The van der Waals surface area contributed by atoms with Gasteiger partial charge in [0.1, 0.15) is 18.1 Å². The van der Waals surface area contributed by atoms with E-state index in [0.717, 1.165) is 11.3 Å². The Hall–Kier alpha value is -2.43. The van der Waals surface area contributed by atoms with Crippen molar-refractivity contribution in [3.8, 4) is 5.75 Å². The lowest BCUT2D eigenvalue weighted by Crippen LogP contribution is -1.99. The number of anilines is 1. The van der Waals surface area contributed by atoms with E-state index in [2.05, 4.69) is 4.74 Å². The van der Waals surface area contributed by atoms with Gasteiger partial charge in [-0.05, 0) is 42.8 Å². The summed E-state index contributed by atoms with van der Waals surface area (Å²) in [7, 11) is 1.30. The van der Waals surface area contributed by atoms with E-state index < -0.39 is 5.97 Å². The van der Waals surface area contributed by atoms with E-state index in [0.29, 0.717) is 11.4 Å². The van der Waals surface area contributed by atoms with Crippen molar-refractivity contribution in [2.75, 3.05) is 12.8 Å². The fourth-order valence-corrected chi connectivity index (χ4v) is 1.65. The van der Waals surface area contributed by atoms with Crippen LogP contribution in [0.15, 0.2) is 34.7 Å². The number of benzene rings is 1. The normalized spacial score (nSPS) is 10.2. The summed E-state index contributed by atoms with van der Waals surface area (Å²) in [5.41, 5.74) is 7.30. The van der Waals surface area contributed by atoms with Gasteiger partial charge in [0.05, 0.1) is 7.11 Å². The van der Waals surface area contributed by atoms with Crippen LogP contribution in [0.25, 0.3) is 0 Å². The second kappa shape index (κ2) is 5.48. The molecule has 5 heteroatoms. The van der Waals surface area contributed by atoms with Crippen molar-refractivity contribution in [2.24, 2.45) is 0 Å². The van der Waals surface area contributed by atoms with Gasteiger partial charge in [-0.2, -0.15) is 0 Å². The largest absolute Gasteiger partial charge is 0.485 e. The molecule has 0 fully saturated rings. The molecule has 0 bridgehead atoms. The van der Waals surface area contributed by atoms with Crippen LogP contribution in [0.2, 0.25) is 0 Å². The average Bonchev–Trinajstić information content (AvgIpc) is 2.85. The number of hydrogen-bond donors (Lipinski definition) is 1. The van der Waals surface area contributed by atoms with Gasteiger partial charge >= 0.3 is 5.97 Å². The summed E-state index contributed by atoms with van der Waals surface area (Å²) >= 11 is 0. The molecule has 1 aromatic heterocycles. The first-order valence-electron chi connectivity index (χ1n) is 5.76. The van der Waals surface area contributed by atoms with E-state index in [1.165, 1.54) is 7.11 Å². The lowest BCUT2D eigenvalue weighted by atomic mass is 10.2. The van der Waals surface area contributed by atoms with E-state index in [-0.39, 0.29) is 12.4 Å². The third kappa shape index (κ3) is 3.07. The molecule has 0 aliphatic rings. The number of nitrogen functional groups attached to an aromatic ring is 1. The molecule has 0 saturated carbocycles. The standard InChI is InChI=1S/C14H15NO4/c1-9-7-10(15)3-5-12(9)18-8-11-4-6-13(19-11)14(16)17-2/h3-7H,8,15H2,1-2H3. The smallest absolute Gasteiger partial charge is 0.373 e. The molecule has 1 heterocycles. The van der Waals surface area contributed by atoms with Crippen LogP contribution in [0.3, 0.4) is 0 Å². The van der Waals surface area contributed by atoms with E-state index in [1.807, 2.05) is 13.0 Å². The van der Waals surface area contributed by atoms with Crippen LogP contribution in [0, 0.1) is 6.92 Å². The van der Waals surface area contributed by atoms with E-state index in [9.17, 15) is 4.79 Å². The minimum absolute atomic E-state index is 0.162. The molecule has 0 amide bonds. The Morgan fingerprint density at radius 1 is 1.32 bits per heavy atom. The van der Waals surface area contributed by atoms with Crippen molar-refractivity contribution >= 4 is 11.7 Å². The molecule has 0 unspecified atom stereocenters. The molecule has 1 aromatic carbocycles. The van der Waals surface area contributed by atoms with Crippen LogP contribution in [-0.2, 0) is 11.3 Å². The van der Waals surface area contributed by atoms with Gasteiger partial charge in [0.2, 0.25) is 5.76 Å². The monoisotopic (exact) mass is 261 g/mol. The molecule has 0 aliphatic carbocycles. The summed E-state index contributed by atoms with van der Waals surface area (Å²) in [4.78, 5) is 11.2. The highest BCUT2D eigenvalue weighted by molar-refractivity contribution is 5.86. The quantitative estimate of drug-likeness (QED) is 0.676. The molecule has 0 aliphatic heterocycles. The van der Waals surface area contributed by atoms with E-state index in [4.69, 9.17) is 14.9 Å². The first-order valence-corrected chi connectivity index (χ1v) is 5.76. The highest BCUT2D eigenvalue weighted by Gasteiger charge is 2.11. The molecule has 100 valence electrons. The molecule has 2 N–H and O–H groups in total. The van der Waals surface area contributed by atoms with Crippen LogP contribution >= 0.6 is 0 Å². The fourth-order valence-electron chi connectivity index (χ4n) is 1.65. The number of furan rings is 1. The molecule has 5 nitrogen and oxygen atoms in total. The number of aryl methyl sites for hydroxylation is 1. The zero-order valence-electron chi connectivity index (χ0n) is 10.8. The van der Waals surface area contributed by atoms with Crippen molar-refractivity contribution in [3.63, 3.8) is 0 Å². The number of ether oxygens (including phenoxy) is 2. The number of rotatable bonds is 4. The van der Waals surface area contributed by atoms with Gasteiger partial charge < -0.3 is 19.6 Å². The molecule has 0 spiro atoms. The van der Waals surface area contributed by atoms with Gasteiger partial charge in [-0.15, -0.1) is 0 Å². The maximum atomic E-state index is 11.2. The van der Waals surface area contributed by atoms with Crippen LogP contribution in [0.4, 0.5) is 5.69 Å². The Labute approximate surface area is 110 Å². The summed E-state index contributed by atoms with van der Waals surface area (Å²) in [6.45, 7) is 2.15. The molecule has 0 saturated heterocycles. The molecule has 19 heavy (non-hydrogen) atoms. The number of carbonyl (C=O) groups is 1. The van der Waals surface area contributed by atoms with Crippen molar-refractivity contribution in [1.29, 1.82) is 0 Å². The highest BCUT2D eigenvalue weighted by Crippen LogP contribution is 2.21. The Kier molecular flexibility index (Phi) is 3.75. The van der Waals surface area contributed by atoms with Gasteiger partial charge in [-0.3, -0.25) is 0 Å². The molecule has 2 rings (SSSR count). The summed E-state index contributed by atoms with van der Waals surface area (Å²) in [6.07, 6.45) is 0. The fraction of sp³-hybridized carbons (Fsp3) is 0.214. The van der Waals surface area contributed by atoms with Crippen molar-refractivity contribution in [1.82, 2.24) is 0 Å². The lowest BCUT2D eigenvalue weighted by Gasteiger charge is -2.08. The lowest BCUT2D eigenvalue weighted by molar-refractivity contribution is 0.0561. The average molecular weight is 261 g/mol. The molecular weight excluding hydrogens is 246 g/mol. The topological polar surface area (TPSA) is 74.7 Å². The SMILES string of the molecule is COC(=O)c1ccc(COc2ccc(N)cc2C)o1. The first kappa shape index (κ1) is 13.0. The predicted molar refractivity (Wildman–Crippen MR) is 70.0 cm³/mol. The van der Waals surface area contributed by atoms with Crippen molar-refractivity contribution in [3.05, 3.63) is 47.4 Å². The maximum Gasteiger partial charge on any atom is 0.373 e. The Morgan fingerprint density at radius 2 is 2.11 bits per heavy atom. The number of methoxy groups -OCH3 is 1. The van der Waals surface area contributed by atoms with Gasteiger partial charge in [0.25, 0.3) is 0 Å². The minimum Gasteiger partial charge on any atom is -0.485 e. The van der Waals surface area contributed by atoms with Gasteiger partial charge in [0, 0.05) is 5.69 Å². The predicted octanol–water partition coefficient (Wildman–Crippen LogP) is 2.54. The second-order valence-corrected chi connectivity index (χ2v) is 4.07. The zero-order chi connectivity index (χ0) is 13.8. The summed E-state index contributed by atoms with van der Waals surface area (Å²) in [5, 5.41) is 0. The van der Waals surface area contributed by atoms with Crippen LogP contribution in [-0.4, -0.2) is 13.1 Å². The highest BCUT2D eigenvalue weighted by atomic mass is 16.5. The maximum absolute atomic E-state index is 11.2. The van der Waals surface area contributed by atoms with E-state index >= 15 is 0 Å². The van der Waals surface area contributed by atoms with Crippen LogP contribution in [0.5, 0.6) is 5.75 Å². The Balaban J connectivity index is 2.02. The van der Waals surface area contributed by atoms with Gasteiger partial charge in [-0.1, -0.05) is 0 Å². The summed E-state index contributed by atoms with van der Waals surface area (Å²) in [6, 6.07) is 8.63. The molecular formula is C14H15NO4. The second-order valence-electron chi connectivity index (χ2n) is 4.07. The van der Waals surface area contributed by atoms with Gasteiger partial charge in [-0.25, -0.2) is 4.79 Å². The Morgan fingerprint density at radius 3 is 2.79 bits per heavy atom. The third-order valence-electron chi connectivity index (χ3n) is 2.62. The molecule has 0 radical (unpaired) electrons. The van der Waals surface area contributed by atoms with Crippen LogP contribution < -0.4 is 10.5 Å².